The highest BCUT2D eigenvalue weighted by Crippen LogP contribution is 2.06. The third-order valence-electron chi connectivity index (χ3n) is 2.96. The van der Waals surface area contributed by atoms with Gasteiger partial charge in [0.2, 0.25) is 0 Å². The molecule has 0 saturated heterocycles. The first-order valence-electron chi connectivity index (χ1n) is 7.21. The standard InChI is InChI=1S/C13H31NO2Si/c1-3-4-5-6-7-8-11-14-12-9-10-13-17(2,15)16/h14-16H,3-13H2,1-2H3. The van der Waals surface area contributed by atoms with Crippen LogP contribution >= 0.6 is 0 Å². The third-order valence-corrected chi connectivity index (χ3v) is 4.26. The third kappa shape index (κ3) is 16.1. The van der Waals surface area contributed by atoms with E-state index >= 15 is 0 Å². The Morgan fingerprint density at radius 1 is 0.824 bits per heavy atom. The molecule has 0 aliphatic heterocycles. The fraction of sp³-hybridized carbons (Fsp3) is 1.00. The van der Waals surface area contributed by atoms with Gasteiger partial charge in [0.1, 0.15) is 0 Å². The zero-order chi connectivity index (χ0) is 13.0. The van der Waals surface area contributed by atoms with E-state index in [2.05, 4.69) is 12.2 Å². The molecule has 0 fully saturated rings. The van der Waals surface area contributed by atoms with Gasteiger partial charge >= 0.3 is 8.56 Å². The molecular weight excluding hydrogens is 230 g/mol. The van der Waals surface area contributed by atoms with Crippen molar-refractivity contribution >= 4 is 8.56 Å². The average molecular weight is 261 g/mol. The minimum Gasteiger partial charge on any atom is -0.411 e. The predicted octanol–water partition coefficient (Wildman–Crippen LogP) is 2.77. The van der Waals surface area contributed by atoms with Crippen LogP contribution in [0.5, 0.6) is 0 Å². The van der Waals surface area contributed by atoms with Gasteiger partial charge in [0.15, 0.2) is 0 Å². The van der Waals surface area contributed by atoms with Gasteiger partial charge in [-0.1, -0.05) is 45.4 Å². The topological polar surface area (TPSA) is 52.5 Å². The minimum absolute atomic E-state index is 0.603. The number of nitrogens with one attached hydrogen (secondary N) is 1. The first-order chi connectivity index (χ1) is 8.06. The van der Waals surface area contributed by atoms with Gasteiger partial charge < -0.3 is 14.9 Å². The molecule has 0 unspecified atom stereocenters. The van der Waals surface area contributed by atoms with Crippen molar-refractivity contribution < 1.29 is 9.59 Å². The van der Waals surface area contributed by atoms with E-state index in [1.54, 1.807) is 6.55 Å². The zero-order valence-electron chi connectivity index (χ0n) is 11.7. The lowest BCUT2D eigenvalue weighted by Crippen LogP contribution is -2.29. The van der Waals surface area contributed by atoms with Gasteiger partial charge in [0.05, 0.1) is 0 Å². The van der Waals surface area contributed by atoms with E-state index in [9.17, 15) is 9.59 Å². The van der Waals surface area contributed by atoms with Gasteiger partial charge in [0.25, 0.3) is 0 Å². The molecule has 0 radical (unpaired) electrons. The lowest BCUT2D eigenvalue weighted by Gasteiger charge is -2.11. The normalized spacial score (nSPS) is 12.0. The summed E-state index contributed by atoms with van der Waals surface area (Å²) in [6.45, 7) is 5.95. The Hall–Kier alpha value is 0.0969. The molecule has 0 rings (SSSR count). The molecule has 0 spiro atoms. The summed E-state index contributed by atoms with van der Waals surface area (Å²) in [7, 11) is -2.78. The van der Waals surface area contributed by atoms with Crippen LogP contribution in [0.15, 0.2) is 0 Å². The first kappa shape index (κ1) is 17.1. The van der Waals surface area contributed by atoms with E-state index in [0.29, 0.717) is 6.04 Å². The first-order valence-corrected chi connectivity index (χ1v) is 9.82. The summed E-state index contributed by atoms with van der Waals surface area (Å²) in [6.07, 6.45) is 10.0. The molecular formula is C13H31NO2Si. The molecule has 0 amide bonds. The maximum Gasteiger partial charge on any atom is 0.329 e. The number of unbranched alkanes of at least 4 members (excludes halogenated alkanes) is 6. The van der Waals surface area contributed by atoms with Crippen molar-refractivity contribution in [1.82, 2.24) is 5.32 Å². The summed E-state index contributed by atoms with van der Waals surface area (Å²) < 4.78 is 0. The smallest absolute Gasteiger partial charge is 0.329 e. The molecule has 3 nitrogen and oxygen atoms in total. The fourth-order valence-corrected chi connectivity index (χ4v) is 2.79. The van der Waals surface area contributed by atoms with E-state index in [0.717, 1.165) is 25.9 Å². The van der Waals surface area contributed by atoms with Crippen molar-refractivity contribution in [2.24, 2.45) is 0 Å². The van der Waals surface area contributed by atoms with E-state index in [-0.39, 0.29) is 0 Å². The SMILES string of the molecule is CCCCCCCCNCCCC[Si](C)(O)O. The summed E-state index contributed by atoms with van der Waals surface area (Å²) in [6, 6.07) is 0.603. The summed E-state index contributed by atoms with van der Waals surface area (Å²) in [5, 5.41) is 3.41. The van der Waals surface area contributed by atoms with Crippen LogP contribution in [-0.2, 0) is 0 Å². The maximum atomic E-state index is 9.24. The van der Waals surface area contributed by atoms with Crippen LogP contribution in [0, 0.1) is 0 Å². The van der Waals surface area contributed by atoms with Crippen LogP contribution in [0.2, 0.25) is 12.6 Å². The quantitative estimate of drug-likeness (QED) is 0.374. The van der Waals surface area contributed by atoms with E-state index < -0.39 is 8.56 Å². The molecule has 0 aliphatic carbocycles. The second-order valence-electron chi connectivity index (χ2n) is 5.19. The number of hydrogen-bond donors (Lipinski definition) is 3. The van der Waals surface area contributed by atoms with Crippen LogP contribution in [0.1, 0.15) is 58.3 Å². The summed E-state index contributed by atoms with van der Waals surface area (Å²) in [5.41, 5.74) is 0. The predicted molar refractivity (Wildman–Crippen MR) is 76.3 cm³/mol. The second kappa shape index (κ2) is 11.2. The van der Waals surface area contributed by atoms with Crippen LogP contribution in [-0.4, -0.2) is 31.2 Å². The van der Waals surface area contributed by atoms with Crippen molar-refractivity contribution in [3.63, 3.8) is 0 Å². The molecule has 3 N–H and O–H groups in total. The van der Waals surface area contributed by atoms with Crippen LogP contribution in [0.4, 0.5) is 0 Å². The molecule has 4 heteroatoms. The lowest BCUT2D eigenvalue weighted by atomic mass is 10.1. The molecule has 0 aromatic heterocycles. The molecule has 0 bridgehead atoms. The van der Waals surface area contributed by atoms with Gasteiger partial charge in [-0.3, -0.25) is 0 Å². The molecule has 0 atom stereocenters. The Kier molecular flexibility index (Phi) is 11.3. The van der Waals surface area contributed by atoms with E-state index in [1.165, 1.54) is 38.5 Å². The molecule has 0 saturated carbocycles. The van der Waals surface area contributed by atoms with E-state index in [4.69, 9.17) is 0 Å². The Morgan fingerprint density at radius 3 is 1.94 bits per heavy atom. The van der Waals surface area contributed by atoms with Crippen LogP contribution in [0.25, 0.3) is 0 Å². The van der Waals surface area contributed by atoms with Gasteiger partial charge in [0, 0.05) is 0 Å². The minimum atomic E-state index is -2.78. The monoisotopic (exact) mass is 261 g/mol. The Bertz CT molecular complexity index is 160. The maximum absolute atomic E-state index is 9.24. The summed E-state index contributed by atoms with van der Waals surface area (Å²) in [5.74, 6) is 0. The lowest BCUT2D eigenvalue weighted by molar-refractivity contribution is 0.366. The van der Waals surface area contributed by atoms with Crippen LogP contribution in [0.3, 0.4) is 0 Å². The molecule has 17 heavy (non-hydrogen) atoms. The molecule has 104 valence electrons. The van der Waals surface area contributed by atoms with Crippen LogP contribution < -0.4 is 5.32 Å². The summed E-state index contributed by atoms with van der Waals surface area (Å²) in [4.78, 5) is 18.5. The van der Waals surface area contributed by atoms with Crippen molar-refractivity contribution in [3.8, 4) is 0 Å². The fourth-order valence-electron chi connectivity index (χ4n) is 1.87. The van der Waals surface area contributed by atoms with Gasteiger partial charge in [-0.25, -0.2) is 0 Å². The van der Waals surface area contributed by atoms with Crippen molar-refractivity contribution in [2.75, 3.05) is 13.1 Å². The highest BCUT2D eigenvalue weighted by Gasteiger charge is 2.19. The van der Waals surface area contributed by atoms with E-state index in [1.807, 2.05) is 0 Å². The molecule has 0 aromatic carbocycles. The van der Waals surface area contributed by atoms with Gasteiger partial charge in [-0.2, -0.15) is 0 Å². The van der Waals surface area contributed by atoms with Crippen molar-refractivity contribution in [3.05, 3.63) is 0 Å². The van der Waals surface area contributed by atoms with Crippen molar-refractivity contribution in [2.45, 2.75) is 70.9 Å². The zero-order valence-corrected chi connectivity index (χ0v) is 12.7. The highest BCUT2D eigenvalue weighted by molar-refractivity contribution is 6.63. The van der Waals surface area contributed by atoms with Gasteiger partial charge in [-0.05, 0) is 38.5 Å². The average Bonchev–Trinajstić information content (AvgIpc) is 2.24. The Labute approximate surface area is 108 Å². The molecule has 0 heterocycles. The molecule has 0 aromatic rings. The Balaban J connectivity index is 2.99. The number of hydrogen-bond acceptors (Lipinski definition) is 3. The molecule has 0 aliphatic rings. The second-order valence-corrected chi connectivity index (χ2v) is 8.13. The summed E-state index contributed by atoms with van der Waals surface area (Å²) >= 11 is 0. The van der Waals surface area contributed by atoms with Crippen molar-refractivity contribution in [1.29, 1.82) is 0 Å². The van der Waals surface area contributed by atoms with Gasteiger partial charge in [-0.15, -0.1) is 0 Å². The largest absolute Gasteiger partial charge is 0.411 e. The highest BCUT2D eigenvalue weighted by atomic mass is 28.4. The Morgan fingerprint density at radius 2 is 1.35 bits per heavy atom. The number of rotatable bonds is 12.